The van der Waals surface area contributed by atoms with Crippen molar-refractivity contribution in [2.75, 3.05) is 27.4 Å². The molecule has 0 fully saturated rings. The van der Waals surface area contributed by atoms with Crippen LogP contribution in [0.4, 0.5) is 13.2 Å². The number of nitrogens with zero attached hydrogens (tertiary/aromatic N) is 2. The molecule has 8 nitrogen and oxygen atoms in total. The maximum absolute atomic E-state index is 14.9. The molecule has 1 unspecified atom stereocenters. The number of hydrogen-bond acceptors (Lipinski definition) is 7. The molecule has 210 valence electrons. The molecule has 1 N–H and O–H groups in total. The van der Waals surface area contributed by atoms with Crippen LogP contribution >= 0.6 is 11.8 Å². The van der Waals surface area contributed by atoms with E-state index >= 15 is 0 Å². The summed E-state index contributed by atoms with van der Waals surface area (Å²) in [6, 6.07) is 12.1. The van der Waals surface area contributed by atoms with Gasteiger partial charge in [-0.3, -0.25) is 9.59 Å². The number of amides is 2. The highest BCUT2D eigenvalue weighted by Gasteiger charge is 2.39. The monoisotopic (exact) mass is 573 g/mol. The zero-order valence-corrected chi connectivity index (χ0v) is 22.7. The molecule has 4 rings (SSSR count). The molecule has 0 saturated carbocycles. The van der Waals surface area contributed by atoms with E-state index in [4.69, 9.17) is 14.2 Å². The summed E-state index contributed by atoms with van der Waals surface area (Å²) in [5.41, 5.74) is 0.0540. The SMILES string of the molecule is CCCNC(=O)COc1cccc(C2SC(c3ccc(F)cc3)=NN2C(=O)c2c(F)cc(OC)cc2F)c1OC. The molecular weight excluding hydrogens is 547 g/mol. The van der Waals surface area contributed by atoms with Crippen LogP contribution in [0.2, 0.25) is 0 Å². The molecule has 40 heavy (non-hydrogen) atoms. The minimum atomic E-state index is -1.13. The predicted octanol–water partition coefficient (Wildman–Crippen LogP) is 5.28. The van der Waals surface area contributed by atoms with Crippen molar-refractivity contribution in [1.29, 1.82) is 0 Å². The van der Waals surface area contributed by atoms with E-state index < -0.39 is 34.3 Å². The summed E-state index contributed by atoms with van der Waals surface area (Å²) < 4.78 is 59.6. The van der Waals surface area contributed by atoms with Crippen molar-refractivity contribution in [2.45, 2.75) is 18.7 Å². The molecule has 0 spiro atoms. The lowest BCUT2D eigenvalue weighted by Crippen LogP contribution is -2.29. The average Bonchev–Trinajstić information content (AvgIpc) is 3.39. The number of hydrogen-bond donors (Lipinski definition) is 1. The first-order chi connectivity index (χ1) is 19.3. The van der Waals surface area contributed by atoms with E-state index in [1.54, 1.807) is 18.2 Å². The molecule has 1 aliphatic heterocycles. The molecule has 3 aromatic rings. The van der Waals surface area contributed by atoms with E-state index in [2.05, 4.69) is 10.4 Å². The van der Waals surface area contributed by atoms with E-state index in [9.17, 15) is 22.8 Å². The van der Waals surface area contributed by atoms with Crippen molar-refractivity contribution in [3.8, 4) is 17.2 Å². The summed E-state index contributed by atoms with van der Waals surface area (Å²) in [6.45, 7) is 2.14. The standard InChI is InChI=1S/C28H26F3N3O5S/c1-4-12-32-23(35)15-39-22-7-5-6-19(25(22)38-3)28-34(33-26(40-28)16-8-10-17(29)11-9-16)27(36)24-20(30)13-18(37-2)14-21(24)31/h5-11,13-14,28H,4,12,15H2,1-3H3,(H,32,35). The highest BCUT2D eigenvalue weighted by Crippen LogP contribution is 2.47. The van der Waals surface area contributed by atoms with Crippen LogP contribution in [0.3, 0.4) is 0 Å². The van der Waals surface area contributed by atoms with Gasteiger partial charge in [-0.05, 0) is 36.8 Å². The van der Waals surface area contributed by atoms with Crippen LogP contribution < -0.4 is 19.5 Å². The molecule has 0 saturated heterocycles. The number of benzene rings is 3. The van der Waals surface area contributed by atoms with Crippen LogP contribution in [-0.2, 0) is 4.79 Å². The quantitative estimate of drug-likeness (QED) is 0.355. The van der Waals surface area contributed by atoms with Crippen LogP contribution in [0, 0.1) is 17.5 Å². The Balaban J connectivity index is 1.74. The van der Waals surface area contributed by atoms with Gasteiger partial charge in [0, 0.05) is 29.8 Å². The van der Waals surface area contributed by atoms with Gasteiger partial charge < -0.3 is 19.5 Å². The molecule has 12 heteroatoms. The molecule has 0 aliphatic carbocycles. The number of para-hydroxylation sites is 1. The third-order valence-electron chi connectivity index (χ3n) is 5.82. The Hall–Kier alpha value is -4.19. The highest BCUT2D eigenvalue weighted by molar-refractivity contribution is 8.14. The second-order valence-electron chi connectivity index (χ2n) is 8.52. The lowest BCUT2D eigenvalue weighted by molar-refractivity contribution is -0.123. The minimum absolute atomic E-state index is 0.0936. The molecule has 2 amide bonds. The highest BCUT2D eigenvalue weighted by atomic mass is 32.2. The number of halogens is 3. The van der Waals surface area contributed by atoms with Gasteiger partial charge in [-0.25, -0.2) is 18.2 Å². The Labute approximate surface area is 233 Å². The van der Waals surface area contributed by atoms with Gasteiger partial charge in [-0.15, -0.1) is 0 Å². The van der Waals surface area contributed by atoms with Gasteiger partial charge >= 0.3 is 0 Å². The molecule has 1 atom stereocenters. The number of carbonyl (C=O) groups is 2. The van der Waals surface area contributed by atoms with Crippen LogP contribution in [-0.4, -0.2) is 49.2 Å². The molecule has 0 aromatic heterocycles. The number of ether oxygens (including phenoxy) is 3. The Morgan fingerprint density at radius 2 is 1.73 bits per heavy atom. The first-order valence-corrected chi connectivity index (χ1v) is 13.1. The summed E-state index contributed by atoms with van der Waals surface area (Å²) in [5.74, 6) is -3.77. The van der Waals surface area contributed by atoms with Crippen molar-refractivity contribution >= 4 is 28.6 Å². The number of hydrazone groups is 1. The summed E-state index contributed by atoms with van der Waals surface area (Å²) in [4.78, 5) is 25.7. The molecule has 1 heterocycles. The minimum Gasteiger partial charge on any atom is -0.497 e. The van der Waals surface area contributed by atoms with Gasteiger partial charge in [-0.1, -0.05) is 30.8 Å². The van der Waals surface area contributed by atoms with E-state index in [0.29, 0.717) is 22.7 Å². The zero-order chi connectivity index (χ0) is 28.8. The summed E-state index contributed by atoms with van der Waals surface area (Å²) in [7, 11) is 2.63. The maximum Gasteiger partial charge on any atom is 0.281 e. The Bertz CT molecular complexity index is 1410. The topological polar surface area (TPSA) is 89.5 Å². The predicted molar refractivity (Wildman–Crippen MR) is 144 cm³/mol. The van der Waals surface area contributed by atoms with Crippen LogP contribution in [0.25, 0.3) is 0 Å². The van der Waals surface area contributed by atoms with Gasteiger partial charge in [-0.2, -0.15) is 5.10 Å². The normalized spacial score (nSPS) is 14.5. The fourth-order valence-electron chi connectivity index (χ4n) is 3.90. The lowest BCUT2D eigenvalue weighted by atomic mass is 10.1. The summed E-state index contributed by atoms with van der Waals surface area (Å²) in [5, 5.41) is 7.37. The Kier molecular flexibility index (Phi) is 9.20. The van der Waals surface area contributed by atoms with Crippen molar-refractivity contribution in [1.82, 2.24) is 10.3 Å². The summed E-state index contributed by atoms with van der Waals surface area (Å²) >= 11 is 1.10. The second kappa shape index (κ2) is 12.8. The van der Waals surface area contributed by atoms with E-state index in [-0.39, 0.29) is 29.8 Å². The first kappa shape index (κ1) is 28.8. The third-order valence-corrected chi connectivity index (χ3v) is 7.04. The third kappa shape index (κ3) is 6.17. The Morgan fingerprint density at radius 1 is 1.02 bits per heavy atom. The number of thioether (sulfide) groups is 1. The van der Waals surface area contributed by atoms with Crippen LogP contribution in [0.15, 0.2) is 59.7 Å². The zero-order valence-electron chi connectivity index (χ0n) is 21.9. The van der Waals surface area contributed by atoms with Crippen LogP contribution in [0.5, 0.6) is 17.2 Å². The molecule has 1 aliphatic rings. The first-order valence-electron chi connectivity index (χ1n) is 12.2. The number of rotatable bonds is 10. The fraction of sp³-hybridized carbons (Fsp3) is 0.250. The van der Waals surface area contributed by atoms with Crippen LogP contribution in [0.1, 0.15) is 40.2 Å². The van der Waals surface area contributed by atoms with E-state index in [0.717, 1.165) is 35.3 Å². The number of carbonyl (C=O) groups excluding carboxylic acids is 2. The van der Waals surface area contributed by atoms with Gasteiger partial charge in [0.05, 0.1) is 14.2 Å². The van der Waals surface area contributed by atoms with Gasteiger partial charge in [0.15, 0.2) is 18.1 Å². The summed E-state index contributed by atoms with van der Waals surface area (Å²) in [6.07, 6.45) is 0.763. The van der Waals surface area contributed by atoms with Crippen molar-refractivity contribution in [2.24, 2.45) is 5.10 Å². The molecule has 3 aromatic carbocycles. The largest absolute Gasteiger partial charge is 0.497 e. The second-order valence-corrected chi connectivity index (χ2v) is 9.58. The van der Waals surface area contributed by atoms with Crippen molar-refractivity contribution in [3.05, 3.63) is 88.7 Å². The van der Waals surface area contributed by atoms with Crippen molar-refractivity contribution < 1.29 is 37.0 Å². The average molecular weight is 574 g/mol. The van der Waals surface area contributed by atoms with Gasteiger partial charge in [0.25, 0.3) is 11.8 Å². The molecule has 0 radical (unpaired) electrons. The Morgan fingerprint density at radius 3 is 2.35 bits per heavy atom. The van der Waals surface area contributed by atoms with E-state index in [1.165, 1.54) is 38.5 Å². The van der Waals surface area contributed by atoms with Gasteiger partial charge in [0.2, 0.25) is 0 Å². The maximum atomic E-state index is 14.9. The number of nitrogens with one attached hydrogen (secondary N) is 1. The fourth-order valence-corrected chi connectivity index (χ4v) is 5.07. The smallest absolute Gasteiger partial charge is 0.281 e. The van der Waals surface area contributed by atoms with E-state index in [1.807, 2.05) is 6.92 Å². The van der Waals surface area contributed by atoms with Crippen molar-refractivity contribution in [3.63, 3.8) is 0 Å². The number of methoxy groups -OCH3 is 2. The lowest BCUT2D eigenvalue weighted by Gasteiger charge is -2.24. The molecule has 0 bridgehead atoms. The van der Waals surface area contributed by atoms with Gasteiger partial charge in [0.1, 0.15) is 39.2 Å². The molecular formula is C28H26F3N3O5S.